The zero-order valence-electron chi connectivity index (χ0n) is 14.0. The quantitative estimate of drug-likeness (QED) is 0.890. The number of hydrogen-bond donors (Lipinski definition) is 1. The number of hydrogen-bond acceptors (Lipinski definition) is 5. The van der Waals surface area contributed by atoms with Crippen molar-refractivity contribution in [1.29, 1.82) is 0 Å². The van der Waals surface area contributed by atoms with Crippen LogP contribution in [0.2, 0.25) is 0 Å². The molecule has 2 saturated heterocycles. The number of carbonyl (C=O) groups is 2. The molecule has 1 spiro atoms. The van der Waals surface area contributed by atoms with Gasteiger partial charge in [-0.25, -0.2) is 4.98 Å². The maximum Gasteiger partial charge on any atom is 0.307 e. The monoisotopic (exact) mass is 346 g/mol. The van der Waals surface area contributed by atoms with Crippen LogP contribution < -0.4 is 4.74 Å². The zero-order chi connectivity index (χ0) is 17.4. The Morgan fingerprint density at radius 3 is 2.80 bits per heavy atom. The summed E-state index contributed by atoms with van der Waals surface area (Å²) in [5.74, 6) is -0.522. The van der Waals surface area contributed by atoms with E-state index in [4.69, 9.17) is 14.6 Å². The third-order valence-corrected chi connectivity index (χ3v) is 5.69. The summed E-state index contributed by atoms with van der Waals surface area (Å²) in [6.45, 7) is 2.46. The zero-order valence-corrected chi connectivity index (χ0v) is 14.0. The van der Waals surface area contributed by atoms with Crippen molar-refractivity contribution in [1.82, 2.24) is 9.88 Å². The highest BCUT2D eigenvalue weighted by molar-refractivity contribution is 5.94. The van der Waals surface area contributed by atoms with Crippen LogP contribution in [0.25, 0.3) is 0 Å². The summed E-state index contributed by atoms with van der Waals surface area (Å²) in [6, 6.07) is 3.38. The van der Waals surface area contributed by atoms with Gasteiger partial charge in [-0.1, -0.05) is 0 Å². The molecule has 4 rings (SSSR count). The number of carboxylic acid groups (broad SMARTS) is 1. The number of piperidine rings is 1. The molecule has 0 aromatic carbocycles. The number of aliphatic carboxylic acids is 1. The molecule has 25 heavy (non-hydrogen) atoms. The number of amides is 1. The summed E-state index contributed by atoms with van der Waals surface area (Å²) in [4.78, 5) is 29.9. The van der Waals surface area contributed by atoms with Crippen LogP contribution in [-0.2, 0) is 9.53 Å². The Hall–Kier alpha value is -2.15. The topological polar surface area (TPSA) is 89.0 Å². The Labute approximate surface area is 145 Å². The molecule has 1 saturated carbocycles. The second kappa shape index (κ2) is 6.29. The van der Waals surface area contributed by atoms with E-state index >= 15 is 0 Å². The molecule has 1 aromatic heterocycles. The minimum atomic E-state index is -0.702. The van der Waals surface area contributed by atoms with Crippen molar-refractivity contribution in [3.05, 3.63) is 23.9 Å². The molecule has 1 aliphatic carbocycles. The first-order valence-electron chi connectivity index (χ1n) is 8.80. The van der Waals surface area contributed by atoms with Gasteiger partial charge in [0.05, 0.1) is 19.1 Å². The Balaban J connectivity index is 1.37. The molecule has 0 radical (unpaired) electrons. The average Bonchev–Trinajstić information content (AvgIpc) is 3.07. The highest BCUT2D eigenvalue weighted by Crippen LogP contribution is 2.59. The van der Waals surface area contributed by atoms with E-state index in [2.05, 4.69) is 4.98 Å². The van der Waals surface area contributed by atoms with E-state index in [9.17, 15) is 9.59 Å². The lowest BCUT2D eigenvalue weighted by Crippen LogP contribution is -2.40. The van der Waals surface area contributed by atoms with Crippen LogP contribution in [0.3, 0.4) is 0 Å². The summed E-state index contributed by atoms with van der Waals surface area (Å²) < 4.78 is 11.0. The van der Waals surface area contributed by atoms with Crippen molar-refractivity contribution in [2.45, 2.75) is 31.8 Å². The van der Waals surface area contributed by atoms with Gasteiger partial charge < -0.3 is 19.5 Å². The number of aromatic nitrogens is 1. The molecule has 2 aliphatic heterocycles. The maximum absolute atomic E-state index is 12.7. The molecule has 2 atom stereocenters. The highest BCUT2D eigenvalue weighted by atomic mass is 16.5. The maximum atomic E-state index is 12.7. The molecule has 0 bridgehead atoms. The molecule has 1 aromatic rings. The van der Waals surface area contributed by atoms with Gasteiger partial charge in [-0.05, 0) is 30.7 Å². The summed E-state index contributed by atoms with van der Waals surface area (Å²) in [5.41, 5.74) is 0.489. The van der Waals surface area contributed by atoms with Crippen LogP contribution in [0.1, 0.15) is 36.0 Å². The SMILES string of the molecule is O=C(O)C1CC12CCN(C(=O)c1ccnc(OC3CCOC3)c1)CC2. The standard InChI is InChI=1S/C18H22N2O5/c21-16(20-6-3-18(4-7-20)10-14(18)17(22)23)12-1-5-19-15(9-12)25-13-2-8-24-11-13/h1,5,9,13-14H,2-4,6-8,10-11H2,(H,22,23). The number of ether oxygens (including phenoxy) is 2. The van der Waals surface area contributed by atoms with Crippen molar-refractivity contribution in [2.75, 3.05) is 26.3 Å². The fraction of sp³-hybridized carbons (Fsp3) is 0.611. The Bertz CT molecular complexity index is 678. The van der Waals surface area contributed by atoms with Gasteiger partial charge in [0.1, 0.15) is 6.10 Å². The van der Waals surface area contributed by atoms with E-state index < -0.39 is 5.97 Å². The summed E-state index contributed by atoms with van der Waals surface area (Å²) in [5, 5.41) is 9.16. The van der Waals surface area contributed by atoms with Gasteiger partial charge in [0, 0.05) is 37.3 Å². The molecule has 1 N–H and O–H groups in total. The lowest BCUT2D eigenvalue weighted by Gasteiger charge is -2.32. The molecule has 3 aliphatic rings. The molecule has 3 heterocycles. The molecule has 7 nitrogen and oxygen atoms in total. The van der Waals surface area contributed by atoms with Crippen LogP contribution in [0.15, 0.2) is 18.3 Å². The van der Waals surface area contributed by atoms with E-state index in [0.29, 0.717) is 37.7 Å². The molecular weight excluding hydrogens is 324 g/mol. The molecule has 3 fully saturated rings. The lowest BCUT2D eigenvalue weighted by atomic mass is 9.90. The number of carbonyl (C=O) groups excluding carboxylic acids is 1. The molecule has 1 amide bonds. The highest BCUT2D eigenvalue weighted by Gasteiger charge is 2.59. The van der Waals surface area contributed by atoms with Crippen LogP contribution in [0.5, 0.6) is 5.88 Å². The third kappa shape index (κ3) is 3.20. The first-order valence-corrected chi connectivity index (χ1v) is 8.80. The molecule has 7 heteroatoms. The van der Waals surface area contributed by atoms with Gasteiger partial charge in [0.15, 0.2) is 0 Å². The predicted octanol–water partition coefficient (Wildman–Crippen LogP) is 1.58. The first kappa shape index (κ1) is 16.3. The number of likely N-dealkylation sites (tertiary alicyclic amines) is 1. The van der Waals surface area contributed by atoms with E-state index in [-0.39, 0.29) is 23.3 Å². The number of nitrogens with zero attached hydrogens (tertiary/aromatic N) is 2. The number of pyridine rings is 1. The van der Waals surface area contributed by atoms with E-state index in [1.807, 2.05) is 0 Å². The van der Waals surface area contributed by atoms with Gasteiger partial charge in [-0.15, -0.1) is 0 Å². The van der Waals surface area contributed by atoms with Crippen LogP contribution in [-0.4, -0.2) is 59.3 Å². The van der Waals surface area contributed by atoms with Crippen LogP contribution >= 0.6 is 0 Å². The average molecular weight is 346 g/mol. The molecule has 2 unspecified atom stereocenters. The van der Waals surface area contributed by atoms with Crippen molar-refractivity contribution >= 4 is 11.9 Å². The van der Waals surface area contributed by atoms with Gasteiger partial charge in [0.2, 0.25) is 5.88 Å². The van der Waals surface area contributed by atoms with Crippen molar-refractivity contribution in [3.8, 4) is 5.88 Å². The smallest absolute Gasteiger partial charge is 0.307 e. The van der Waals surface area contributed by atoms with Gasteiger partial charge in [0.25, 0.3) is 5.91 Å². The van der Waals surface area contributed by atoms with Crippen molar-refractivity contribution in [2.24, 2.45) is 11.3 Å². The second-order valence-corrected chi connectivity index (χ2v) is 7.24. The molecular formula is C18H22N2O5. The normalized spacial score (nSPS) is 27.3. The van der Waals surface area contributed by atoms with Crippen molar-refractivity contribution < 1.29 is 24.2 Å². The summed E-state index contributed by atoms with van der Waals surface area (Å²) in [6.07, 6.45) is 4.70. The fourth-order valence-electron chi connectivity index (χ4n) is 3.97. The first-order chi connectivity index (χ1) is 12.1. The number of rotatable bonds is 4. The van der Waals surface area contributed by atoms with E-state index in [1.54, 1.807) is 23.2 Å². The van der Waals surface area contributed by atoms with Crippen LogP contribution in [0, 0.1) is 11.3 Å². The van der Waals surface area contributed by atoms with Crippen LogP contribution in [0.4, 0.5) is 0 Å². The number of carboxylic acids is 1. The van der Waals surface area contributed by atoms with Gasteiger partial charge in [-0.2, -0.15) is 0 Å². The van der Waals surface area contributed by atoms with Crippen molar-refractivity contribution in [3.63, 3.8) is 0 Å². The lowest BCUT2D eigenvalue weighted by molar-refractivity contribution is -0.139. The van der Waals surface area contributed by atoms with Gasteiger partial charge in [-0.3, -0.25) is 9.59 Å². The predicted molar refractivity (Wildman–Crippen MR) is 87.4 cm³/mol. The fourth-order valence-corrected chi connectivity index (χ4v) is 3.97. The third-order valence-electron chi connectivity index (χ3n) is 5.69. The minimum absolute atomic E-state index is 0.00415. The minimum Gasteiger partial charge on any atom is -0.481 e. The van der Waals surface area contributed by atoms with E-state index in [0.717, 1.165) is 25.7 Å². The van der Waals surface area contributed by atoms with Gasteiger partial charge >= 0.3 is 5.97 Å². The Morgan fingerprint density at radius 1 is 1.36 bits per heavy atom. The Kier molecular flexibility index (Phi) is 4.11. The largest absolute Gasteiger partial charge is 0.481 e. The Morgan fingerprint density at radius 2 is 2.16 bits per heavy atom. The summed E-state index contributed by atoms with van der Waals surface area (Å²) >= 11 is 0. The van der Waals surface area contributed by atoms with E-state index in [1.165, 1.54) is 0 Å². The summed E-state index contributed by atoms with van der Waals surface area (Å²) in [7, 11) is 0. The molecule has 134 valence electrons. The second-order valence-electron chi connectivity index (χ2n) is 7.24.